The molecule has 0 radical (unpaired) electrons. The van der Waals surface area contributed by atoms with Crippen LogP contribution in [0.3, 0.4) is 0 Å². The predicted molar refractivity (Wildman–Crippen MR) is 150 cm³/mol. The summed E-state index contributed by atoms with van der Waals surface area (Å²) in [6, 6.07) is 26.4. The summed E-state index contributed by atoms with van der Waals surface area (Å²) in [7, 11) is 0. The summed E-state index contributed by atoms with van der Waals surface area (Å²) >= 11 is 0. The third-order valence-corrected chi connectivity index (χ3v) is 6.87. The van der Waals surface area contributed by atoms with Crippen molar-refractivity contribution in [2.24, 2.45) is 0 Å². The third-order valence-electron chi connectivity index (χ3n) is 6.87. The second kappa shape index (κ2) is 11.0. The molecular formula is C31H31N3O5. The van der Waals surface area contributed by atoms with Crippen molar-refractivity contribution >= 4 is 39.6 Å². The molecule has 2 amide bonds. The zero-order chi connectivity index (χ0) is 27.4. The second-order valence-electron chi connectivity index (χ2n) is 9.63. The van der Waals surface area contributed by atoms with Gasteiger partial charge in [-0.25, -0.2) is 4.79 Å². The van der Waals surface area contributed by atoms with Crippen LogP contribution >= 0.6 is 0 Å². The first kappa shape index (κ1) is 26.1. The van der Waals surface area contributed by atoms with Crippen molar-refractivity contribution in [3.63, 3.8) is 0 Å². The molecule has 0 fully saturated rings. The van der Waals surface area contributed by atoms with Gasteiger partial charge in [-0.3, -0.25) is 4.79 Å². The molecule has 5 aromatic rings. The van der Waals surface area contributed by atoms with Gasteiger partial charge >= 0.3 is 6.09 Å². The van der Waals surface area contributed by atoms with Gasteiger partial charge in [-0.1, -0.05) is 54.6 Å². The van der Waals surface area contributed by atoms with Gasteiger partial charge in [-0.2, -0.15) is 0 Å². The maximum atomic E-state index is 14.1. The number of anilines is 1. The lowest BCUT2D eigenvalue weighted by Crippen LogP contribution is -2.59. The number of nitrogens with zero attached hydrogens (tertiary/aromatic N) is 2. The number of alkyl carbamates (subject to hydrolysis) is 1. The van der Waals surface area contributed by atoms with Crippen LogP contribution in [0.15, 0.2) is 95.5 Å². The molecule has 8 heteroatoms. The number of amides is 2. The highest BCUT2D eigenvalue weighted by Crippen LogP contribution is 2.28. The van der Waals surface area contributed by atoms with E-state index in [2.05, 4.69) is 5.32 Å². The maximum Gasteiger partial charge on any atom is 0.408 e. The molecule has 39 heavy (non-hydrogen) atoms. The van der Waals surface area contributed by atoms with Crippen LogP contribution in [0.25, 0.3) is 21.9 Å². The van der Waals surface area contributed by atoms with Crippen molar-refractivity contribution < 1.29 is 23.8 Å². The number of aromatic nitrogens is 1. The number of hydrogen-bond donors (Lipinski definition) is 2. The predicted octanol–water partition coefficient (Wildman–Crippen LogP) is 5.62. The van der Waals surface area contributed by atoms with E-state index in [1.165, 1.54) is 0 Å². The fraction of sp³-hybridized carbons (Fsp3) is 0.226. The van der Waals surface area contributed by atoms with E-state index in [4.69, 9.17) is 9.15 Å². The number of rotatable bonds is 9. The van der Waals surface area contributed by atoms with Gasteiger partial charge in [0.25, 0.3) is 5.91 Å². The average molecular weight is 526 g/mol. The van der Waals surface area contributed by atoms with Crippen LogP contribution in [0.5, 0.6) is 0 Å². The van der Waals surface area contributed by atoms with Crippen LogP contribution < -0.4 is 10.2 Å². The molecule has 5 rings (SSSR count). The zero-order valence-electron chi connectivity index (χ0n) is 22.0. The van der Waals surface area contributed by atoms with E-state index in [0.29, 0.717) is 17.9 Å². The number of fused-ring (bicyclic) bond motifs is 2. The van der Waals surface area contributed by atoms with Gasteiger partial charge < -0.3 is 29.0 Å². The molecule has 0 aliphatic heterocycles. The molecule has 1 unspecified atom stereocenters. The molecule has 2 N–H and O–H groups in total. The molecule has 2 aromatic heterocycles. The highest BCUT2D eigenvalue weighted by Gasteiger charge is 2.40. The van der Waals surface area contributed by atoms with Crippen LogP contribution in [0.1, 0.15) is 25.2 Å². The molecule has 0 bridgehead atoms. The van der Waals surface area contributed by atoms with Gasteiger partial charge in [0.1, 0.15) is 23.6 Å². The fourth-order valence-electron chi connectivity index (χ4n) is 4.99. The van der Waals surface area contributed by atoms with E-state index in [0.717, 1.165) is 27.5 Å². The summed E-state index contributed by atoms with van der Waals surface area (Å²) in [5, 5.41) is 14.6. The van der Waals surface area contributed by atoms with Crippen LogP contribution in [-0.4, -0.2) is 33.8 Å². The summed E-state index contributed by atoms with van der Waals surface area (Å²) in [5.41, 5.74) is 1.73. The Morgan fingerprint density at radius 2 is 1.74 bits per heavy atom. The minimum absolute atomic E-state index is 0.0786. The number of hydrogen-bond acceptors (Lipinski definition) is 5. The molecule has 8 nitrogen and oxygen atoms in total. The number of carbonyl (C=O) groups is 2. The Balaban J connectivity index is 1.43. The number of aliphatic hydroxyl groups is 1. The lowest BCUT2D eigenvalue weighted by molar-refractivity contribution is -0.124. The smallest absolute Gasteiger partial charge is 0.408 e. The zero-order valence-corrected chi connectivity index (χ0v) is 22.0. The Bertz CT molecular complexity index is 1570. The van der Waals surface area contributed by atoms with Crippen molar-refractivity contribution in [3.8, 4) is 0 Å². The normalized spacial score (nSPS) is 12.8. The van der Waals surface area contributed by atoms with Gasteiger partial charge in [0, 0.05) is 35.6 Å². The molecule has 0 saturated carbocycles. The molecule has 200 valence electrons. The fourth-order valence-corrected chi connectivity index (χ4v) is 4.99. The van der Waals surface area contributed by atoms with Crippen LogP contribution in [0, 0.1) is 0 Å². The minimum Gasteiger partial charge on any atom is -0.457 e. The average Bonchev–Trinajstić information content (AvgIpc) is 3.54. The van der Waals surface area contributed by atoms with Gasteiger partial charge in [0.2, 0.25) is 0 Å². The largest absolute Gasteiger partial charge is 0.457 e. The van der Waals surface area contributed by atoms with Gasteiger partial charge in [0.05, 0.1) is 5.52 Å². The molecule has 0 spiro atoms. The van der Waals surface area contributed by atoms with Crippen LogP contribution in [0.2, 0.25) is 0 Å². The highest BCUT2D eigenvalue weighted by molar-refractivity contribution is 6.02. The first-order valence-electron chi connectivity index (χ1n) is 12.9. The van der Waals surface area contributed by atoms with Gasteiger partial charge in [-0.05, 0) is 49.7 Å². The lowest BCUT2D eigenvalue weighted by Gasteiger charge is -2.34. The van der Waals surface area contributed by atoms with Crippen molar-refractivity contribution in [1.29, 1.82) is 0 Å². The topological polar surface area (TPSA) is 96.9 Å². The number of furan rings is 1. The Morgan fingerprint density at radius 1 is 1.03 bits per heavy atom. The first-order valence-corrected chi connectivity index (χ1v) is 12.9. The Kier molecular flexibility index (Phi) is 7.38. The van der Waals surface area contributed by atoms with E-state index in [1.807, 2.05) is 98.0 Å². The Hall–Kier alpha value is -4.56. The van der Waals surface area contributed by atoms with E-state index in [1.54, 1.807) is 16.4 Å². The quantitative estimate of drug-likeness (QED) is 0.260. The third kappa shape index (κ3) is 5.37. The van der Waals surface area contributed by atoms with Crippen molar-refractivity contribution in [3.05, 3.63) is 102 Å². The number of nitrogens with one attached hydrogen (secondary N) is 1. The molecule has 0 aliphatic rings. The number of aliphatic hydroxyl groups excluding tert-OH is 1. The minimum atomic E-state index is -1.36. The number of carbonyl (C=O) groups excluding carboxylic acids is 2. The number of benzene rings is 3. The Labute approximate surface area is 226 Å². The molecule has 0 aliphatic carbocycles. The summed E-state index contributed by atoms with van der Waals surface area (Å²) in [4.78, 5) is 28.9. The summed E-state index contributed by atoms with van der Waals surface area (Å²) in [6.07, 6.45) is 1.26. The molecule has 3 aromatic carbocycles. The molecular weight excluding hydrogens is 494 g/mol. The standard InChI is InChI=1S/C31H31N3O5/c1-3-34(24-12-5-4-6-13-24)29(36)31(2,18-23-19-33(21-35)27-15-9-8-14-26(23)27)32-30(37)38-20-25-17-22-11-7-10-16-28(22)39-25/h4-17,19,35H,3,18,20-21H2,1-2H3,(H,32,37). The molecule has 0 saturated heterocycles. The second-order valence-corrected chi connectivity index (χ2v) is 9.63. The van der Waals surface area contributed by atoms with E-state index >= 15 is 0 Å². The van der Waals surface area contributed by atoms with Crippen LogP contribution in [0.4, 0.5) is 10.5 Å². The van der Waals surface area contributed by atoms with Gasteiger partial charge in [0.15, 0.2) is 6.61 Å². The number of likely N-dealkylation sites (N-methyl/N-ethyl adjacent to an activating group) is 1. The SMILES string of the molecule is CCN(C(=O)C(C)(Cc1cn(CO)c2ccccc12)NC(=O)OCc1cc2ccccc2o1)c1ccccc1. The van der Waals surface area contributed by atoms with E-state index in [9.17, 15) is 14.7 Å². The summed E-state index contributed by atoms with van der Waals surface area (Å²) < 4.78 is 13.0. The highest BCUT2D eigenvalue weighted by atomic mass is 16.6. The Morgan fingerprint density at radius 3 is 2.49 bits per heavy atom. The number of ether oxygens (including phenoxy) is 1. The van der Waals surface area contributed by atoms with E-state index < -0.39 is 11.6 Å². The molecule has 2 heterocycles. The summed E-state index contributed by atoms with van der Waals surface area (Å²) in [5.74, 6) is 0.225. The number of para-hydroxylation sites is 3. The monoisotopic (exact) mass is 525 g/mol. The molecule has 1 atom stereocenters. The van der Waals surface area contributed by atoms with Crippen molar-refractivity contribution in [2.75, 3.05) is 11.4 Å². The summed E-state index contributed by atoms with van der Waals surface area (Å²) in [6.45, 7) is 3.72. The van der Waals surface area contributed by atoms with E-state index in [-0.39, 0.29) is 25.7 Å². The van der Waals surface area contributed by atoms with Crippen LogP contribution in [-0.2, 0) is 29.3 Å². The van der Waals surface area contributed by atoms with Gasteiger partial charge in [-0.15, -0.1) is 0 Å². The maximum absolute atomic E-state index is 14.1. The first-order chi connectivity index (χ1) is 18.9. The lowest BCUT2D eigenvalue weighted by atomic mass is 9.90. The van der Waals surface area contributed by atoms with Crippen molar-refractivity contribution in [1.82, 2.24) is 9.88 Å². The van der Waals surface area contributed by atoms with Crippen molar-refractivity contribution in [2.45, 2.75) is 39.1 Å².